The van der Waals surface area contributed by atoms with Crippen LogP contribution in [-0.2, 0) is 9.53 Å². The molecule has 1 heterocycles. The monoisotopic (exact) mass is 295 g/mol. The summed E-state index contributed by atoms with van der Waals surface area (Å²) in [5.41, 5.74) is 2.42. The Balaban J connectivity index is 1.91. The number of nitrogens with zero attached hydrogens (tertiary/aromatic N) is 1. The molecular formula is C19H21NO2. The van der Waals surface area contributed by atoms with Crippen LogP contribution >= 0.6 is 0 Å². The quantitative estimate of drug-likeness (QED) is 0.792. The van der Waals surface area contributed by atoms with E-state index in [1.165, 1.54) is 11.1 Å². The van der Waals surface area contributed by atoms with E-state index in [0.717, 1.165) is 13.0 Å². The van der Waals surface area contributed by atoms with Crippen LogP contribution in [0.3, 0.4) is 0 Å². The summed E-state index contributed by atoms with van der Waals surface area (Å²) in [6, 6.07) is 20.7. The molecule has 114 valence electrons. The van der Waals surface area contributed by atoms with Gasteiger partial charge in [0.05, 0.1) is 12.6 Å². The van der Waals surface area contributed by atoms with Gasteiger partial charge in [0.1, 0.15) is 6.04 Å². The maximum Gasteiger partial charge on any atom is 0.323 e. The van der Waals surface area contributed by atoms with Crippen molar-refractivity contribution in [3.05, 3.63) is 71.8 Å². The molecule has 0 N–H and O–H groups in total. The van der Waals surface area contributed by atoms with Crippen LogP contribution in [0.15, 0.2) is 60.7 Å². The lowest BCUT2D eigenvalue weighted by Crippen LogP contribution is -2.54. The highest BCUT2D eigenvalue weighted by molar-refractivity contribution is 5.77. The Morgan fingerprint density at radius 1 is 1.09 bits per heavy atom. The number of ether oxygens (including phenoxy) is 1. The summed E-state index contributed by atoms with van der Waals surface area (Å²) >= 11 is 0. The van der Waals surface area contributed by atoms with Gasteiger partial charge in [0.2, 0.25) is 0 Å². The van der Waals surface area contributed by atoms with Gasteiger partial charge in [0, 0.05) is 6.54 Å². The normalized spacial score (nSPS) is 18.0. The number of carbonyl (C=O) groups excluding carboxylic acids is 1. The molecule has 0 bridgehead atoms. The summed E-state index contributed by atoms with van der Waals surface area (Å²) < 4.78 is 5.22. The van der Waals surface area contributed by atoms with Crippen LogP contribution in [0.1, 0.15) is 30.5 Å². The van der Waals surface area contributed by atoms with Crippen molar-refractivity contribution in [3.8, 4) is 0 Å². The van der Waals surface area contributed by atoms with Crippen LogP contribution in [0, 0.1) is 0 Å². The van der Waals surface area contributed by atoms with E-state index in [1.807, 2.05) is 43.3 Å². The van der Waals surface area contributed by atoms with Crippen molar-refractivity contribution in [2.75, 3.05) is 13.2 Å². The molecule has 3 rings (SSSR count). The van der Waals surface area contributed by atoms with E-state index >= 15 is 0 Å². The Morgan fingerprint density at radius 3 is 2.05 bits per heavy atom. The van der Waals surface area contributed by atoms with Crippen molar-refractivity contribution >= 4 is 5.97 Å². The lowest BCUT2D eigenvalue weighted by atomic mass is 9.90. The van der Waals surface area contributed by atoms with E-state index < -0.39 is 0 Å². The molecular weight excluding hydrogens is 274 g/mol. The standard InChI is InChI=1S/C19H21NO2/c1-2-22-19(21)17-13-14-20(17)18(15-9-5-3-6-10-15)16-11-7-4-8-12-16/h3-12,17-18H,2,13-14H2,1H3/t17-/m0/s1. The van der Waals surface area contributed by atoms with Gasteiger partial charge in [-0.1, -0.05) is 60.7 Å². The molecule has 1 saturated heterocycles. The number of esters is 1. The van der Waals surface area contributed by atoms with E-state index in [2.05, 4.69) is 29.2 Å². The number of carbonyl (C=O) groups is 1. The molecule has 2 aromatic carbocycles. The summed E-state index contributed by atoms with van der Waals surface area (Å²) in [6.45, 7) is 3.20. The van der Waals surface area contributed by atoms with Crippen LogP contribution in [0.2, 0.25) is 0 Å². The summed E-state index contributed by atoms with van der Waals surface area (Å²) in [5.74, 6) is -0.106. The molecule has 3 heteroatoms. The van der Waals surface area contributed by atoms with Gasteiger partial charge in [0.15, 0.2) is 0 Å². The Kier molecular flexibility index (Phi) is 4.54. The second-order valence-corrected chi connectivity index (χ2v) is 5.52. The maximum absolute atomic E-state index is 12.1. The molecule has 2 aromatic rings. The fourth-order valence-electron chi connectivity index (χ4n) is 3.05. The lowest BCUT2D eigenvalue weighted by molar-refractivity contribution is -0.155. The van der Waals surface area contributed by atoms with Crippen molar-refractivity contribution in [1.82, 2.24) is 4.90 Å². The highest BCUT2D eigenvalue weighted by atomic mass is 16.5. The topological polar surface area (TPSA) is 29.5 Å². The lowest BCUT2D eigenvalue weighted by Gasteiger charge is -2.44. The van der Waals surface area contributed by atoms with Gasteiger partial charge in [-0.25, -0.2) is 0 Å². The molecule has 3 nitrogen and oxygen atoms in total. The highest BCUT2D eigenvalue weighted by Crippen LogP contribution is 2.36. The molecule has 22 heavy (non-hydrogen) atoms. The van der Waals surface area contributed by atoms with Gasteiger partial charge in [-0.15, -0.1) is 0 Å². The predicted molar refractivity (Wildman–Crippen MR) is 86.5 cm³/mol. The molecule has 0 aromatic heterocycles. The number of benzene rings is 2. The van der Waals surface area contributed by atoms with Crippen molar-refractivity contribution < 1.29 is 9.53 Å². The first kappa shape index (κ1) is 14.8. The first-order chi connectivity index (χ1) is 10.8. The number of hydrogen-bond donors (Lipinski definition) is 0. The predicted octanol–water partition coefficient (Wildman–Crippen LogP) is 3.41. The van der Waals surface area contributed by atoms with Crippen LogP contribution < -0.4 is 0 Å². The maximum atomic E-state index is 12.1. The van der Waals surface area contributed by atoms with E-state index in [1.54, 1.807) is 0 Å². The zero-order chi connectivity index (χ0) is 15.4. The van der Waals surface area contributed by atoms with E-state index in [0.29, 0.717) is 6.61 Å². The van der Waals surface area contributed by atoms with Crippen molar-refractivity contribution in [3.63, 3.8) is 0 Å². The van der Waals surface area contributed by atoms with Gasteiger partial charge in [-0.05, 0) is 24.5 Å². The average Bonchev–Trinajstić information content (AvgIpc) is 2.53. The van der Waals surface area contributed by atoms with Crippen LogP contribution in [-0.4, -0.2) is 30.1 Å². The molecule has 0 spiro atoms. The molecule has 0 radical (unpaired) electrons. The molecule has 0 unspecified atom stereocenters. The van der Waals surface area contributed by atoms with E-state index in [-0.39, 0.29) is 18.1 Å². The molecule has 0 aliphatic carbocycles. The van der Waals surface area contributed by atoms with Crippen molar-refractivity contribution in [2.24, 2.45) is 0 Å². The number of hydrogen-bond acceptors (Lipinski definition) is 3. The minimum Gasteiger partial charge on any atom is -0.465 e. The van der Waals surface area contributed by atoms with Gasteiger partial charge in [0.25, 0.3) is 0 Å². The third-order valence-corrected chi connectivity index (χ3v) is 4.18. The zero-order valence-electron chi connectivity index (χ0n) is 12.8. The van der Waals surface area contributed by atoms with Crippen LogP contribution in [0.5, 0.6) is 0 Å². The molecule has 0 amide bonds. The average molecular weight is 295 g/mol. The van der Waals surface area contributed by atoms with E-state index in [4.69, 9.17) is 4.74 Å². The summed E-state index contributed by atoms with van der Waals surface area (Å²) in [6.07, 6.45) is 0.870. The fourth-order valence-corrected chi connectivity index (χ4v) is 3.05. The third kappa shape index (κ3) is 2.90. The van der Waals surface area contributed by atoms with Gasteiger partial charge in [-0.2, -0.15) is 0 Å². The van der Waals surface area contributed by atoms with Gasteiger partial charge in [-0.3, -0.25) is 9.69 Å². The van der Waals surface area contributed by atoms with Crippen molar-refractivity contribution in [2.45, 2.75) is 25.4 Å². The van der Waals surface area contributed by atoms with Crippen molar-refractivity contribution in [1.29, 1.82) is 0 Å². The second-order valence-electron chi connectivity index (χ2n) is 5.52. The molecule has 0 saturated carbocycles. The minimum atomic E-state index is -0.134. The van der Waals surface area contributed by atoms with Gasteiger partial charge < -0.3 is 4.74 Å². The Morgan fingerprint density at radius 2 is 1.64 bits per heavy atom. The summed E-state index contributed by atoms with van der Waals surface area (Å²) in [5, 5.41) is 0. The fraction of sp³-hybridized carbons (Fsp3) is 0.316. The Bertz CT molecular complexity index is 572. The first-order valence-electron chi connectivity index (χ1n) is 7.83. The molecule has 1 fully saturated rings. The Labute approximate surface area is 131 Å². The number of likely N-dealkylation sites (tertiary alicyclic amines) is 1. The van der Waals surface area contributed by atoms with Crippen LogP contribution in [0.4, 0.5) is 0 Å². The molecule has 1 atom stereocenters. The third-order valence-electron chi connectivity index (χ3n) is 4.18. The molecule has 1 aliphatic rings. The largest absolute Gasteiger partial charge is 0.465 e. The first-order valence-corrected chi connectivity index (χ1v) is 7.83. The number of rotatable bonds is 5. The van der Waals surface area contributed by atoms with Crippen LogP contribution in [0.25, 0.3) is 0 Å². The Hall–Kier alpha value is -2.13. The minimum absolute atomic E-state index is 0.102. The second kappa shape index (κ2) is 6.75. The van der Waals surface area contributed by atoms with Gasteiger partial charge >= 0.3 is 5.97 Å². The smallest absolute Gasteiger partial charge is 0.323 e. The SMILES string of the molecule is CCOC(=O)[C@@H]1CCN1C(c1ccccc1)c1ccccc1. The van der Waals surface area contributed by atoms with E-state index in [9.17, 15) is 4.79 Å². The molecule has 1 aliphatic heterocycles. The highest BCUT2D eigenvalue weighted by Gasteiger charge is 2.40. The zero-order valence-corrected chi connectivity index (χ0v) is 12.8. The summed E-state index contributed by atoms with van der Waals surface area (Å²) in [4.78, 5) is 14.4. The summed E-state index contributed by atoms with van der Waals surface area (Å²) in [7, 11) is 0.